The third-order valence-corrected chi connectivity index (χ3v) is 2.59. The Labute approximate surface area is 98.2 Å². The van der Waals surface area contributed by atoms with Gasteiger partial charge in [-0.3, -0.25) is 4.79 Å². The number of hydrogen-bond acceptors (Lipinski definition) is 2. The molecule has 16 heavy (non-hydrogen) atoms. The highest BCUT2D eigenvalue weighted by Crippen LogP contribution is 2.23. The molecule has 0 unspecified atom stereocenters. The Hall–Kier alpha value is -1.01. The van der Waals surface area contributed by atoms with E-state index in [1.165, 1.54) is 0 Å². The molecule has 1 N–H and O–H groups in total. The minimum atomic E-state index is -0.752. The van der Waals surface area contributed by atoms with E-state index < -0.39 is 17.0 Å². The van der Waals surface area contributed by atoms with E-state index in [4.69, 9.17) is 16.3 Å². The molecule has 0 aliphatic heterocycles. The van der Waals surface area contributed by atoms with Gasteiger partial charge in [-0.15, -0.1) is 6.42 Å². The highest BCUT2D eigenvalue weighted by Gasteiger charge is 2.26. The van der Waals surface area contributed by atoms with Gasteiger partial charge in [0.05, 0.1) is 5.41 Å². The van der Waals surface area contributed by atoms with Crippen molar-refractivity contribution >= 4 is 5.97 Å². The summed E-state index contributed by atoms with van der Waals surface area (Å²) in [4.78, 5) is 10.8. The average Bonchev–Trinajstić information content (AvgIpc) is 2.16. The van der Waals surface area contributed by atoms with Crippen molar-refractivity contribution in [3.63, 3.8) is 0 Å². The van der Waals surface area contributed by atoms with Gasteiger partial charge in [-0.2, -0.15) is 0 Å². The predicted octanol–water partition coefficient (Wildman–Crippen LogP) is 2.70. The van der Waals surface area contributed by atoms with E-state index >= 15 is 0 Å². The zero-order valence-electron chi connectivity index (χ0n) is 10.7. The third-order valence-electron chi connectivity index (χ3n) is 2.59. The van der Waals surface area contributed by atoms with Gasteiger partial charge in [-0.05, 0) is 40.5 Å². The summed E-state index contributed by atoms with van der Waals surface area (Å²) in [7, 11) is 0. The van der Waals surface area contributed by atoms with Crippen LogP contribution in [0.2, 0.25) is 0 Å². The minimum Gasteiger partial charge on any atom is -0.481 e. The first kappa shape index (κ1) is 15.0. The summed E-state index contributed by atoms with van der Waals surface area (Å²) in [5.74, 6) is 1.80. The smallest absolute Gasteiger partial charge is 0.309 e. The molecule has 0 spiro atoms. The Morgan fingerprint density at radius 1 is 1.31 bits per heavy atom. The Bertz CT molecular complexity index is 271. The van der Waals surface area contributed by atoms with Gasteiger partial charge in [0, 0.05) is 6.61 Å². The van der Waals surface area contributed by atoms with Crippen molar-refractivity contribution in [2.45, 2.75) is 52.6 Å². The molecule has 0 atom stereocenters. The van der Waals surface area contributed by atoms with E-state index in [2.05, 4.69) is 5.92 Å². The third kappa shape index (κ3) is 5.77. The molecule has 3 nitrogen and oxygen atoms in total. The van der Waals surface area contributed by atoms with Gasteiger partial charge in [-0.1, -0.05) is 12.3 Å². The zero-order chi connectivity index (χ0) is 12.8. The largest absolute Gasteiger partial charge is 0.481 e. The van der Waals surface area contributed by atoms with Crippen molar-refractivity contribution in [3.8, 4) is 12.3 Å². The molecule has 0 saturated heterocycles. The maximum absolute atomic E-state index is 10.8. The number of unbranched alkanes of at least 4 members (excludes halogenated alkanes) is 1. The van der Waals surface area contributed by atoms with Gasteiger partial charge in [0.15, 0.2) is 0 Å². The molecular weight excluding hydrogens is 204 g/mol. The summed E-state index contributed by atoms with van der Waals surface area (Å²) < 4.78 is 5.47. The molecule has 0 fully saturated rings. The first-order chi connectivity index (χ1) is 7.21. The van der Waals surface area contributed by atoms with Crippen LogP contribution in [0.4, 0.5) is 0 Å². The van der Waals surface area contributed by atoms with Gasteiger partial charge in [0.1, 0.15) is 5.60 Å². The monoisotopic (exact) mass is 226 g/mol. The first-order valence-electron chi connectivity index (χ1n) is 5.56. The first-order valence-corrected chi connectivity index (χ1v) is 5.56. The lowest BCUT2D eigenvalue weighted by Crippen LogP contribution is -2.24. The Balaban J connectivity index is 3.71. The standard InChI is InChI=1S/C13H22O3/c1-6-13(4,5)16-10-8-7-9-12(2,3)11(14)15/h1H,7-10H2,2-5H3,(H,14,15). The lowest BCUT2D eigenvalue weighted by Gasteiger charge is -2.20. The van der Waals surface area contributed by atoms with Crippen LogP contribution in [0.5, 0.6) is 0 Å². The lowest BCUT2D eigenvalue weighted by molar-refractivity contribution is -0.147. The lowest BCUT2D eigenvalue weighted by atomic mass is 9.87. The van der Waals surface area contributed by atoms with Crippen LogP contribution in [0, 0.1) is 17.8 Å². The molecule has 0 saturated carbocycles. The molecule has 0 aromatic heterocycles. The highest BCUT2D eigenvalue weighted by molar-refractivity contribution is 5.73. The van der Waals surface area contributed by atoms with Crippen LogP contribution in [0.15, 0.2) is 0 Å². The topological polar surface area (TPSA) is 46.5 Å². The zero-order valence-corrected chi connectivity index (χ0v) is 10.7. The van der Waals surface area contributed by atoms with Crippen LogP contribution in [0.25, 0.3) is 0 Å². The van der Waals surface area contributed by atoms with Gasteiger partial charge in [0.25, 0.3) is 0 Å². The van der Waals surface area contributed by atoms with E-state index in [0.717, 1.165) is 12.8 Å². The van der Waals surface area contributed by atoms with Crippen molar-refractivity contribution in [2.24, 2.45) is 5.41 Å². The second-order valence-corrected chi connectivity index (χ2v) is 5.15. The van der Waals surface area contributed by atoms with Crippen LogP contribution in [0.1, 0.15) is 47.0 Å². The van der Waals surface area contributed by atoms with Crippen molar-refractivity contribution < 1.29 is 14.6 Å². The number of ether oxygens (including phenoxy) is 1. The molecular formula is C13H22O3. The number of rotatable bonds is 7. The number of terminal acetylenes is 1. The van der Waals surface area contributed by atoms with E-state index in [0.29, 0.717) is 13.0 Å². The summed E-state index contributed by atoms with van der Waals surface area (Å²) in [5, 5.41) is 8.91. The van der Waals surface area contributed by atoms with Gasteiger partial charge in [-0.25, -0.2) is 0 Å². The molecule has 3 heteroatoms. The molecule has 0 radical (unpaired) electrons. The normalized spacial score (nSPS) is 12.2. The van der Waals surface area contributed by atoms with E-state index in [1.807, 2.05) is 13.8 Å². The van der Waals surface area contributed by atoms with Gasteiger partial charge < -0.3 is 9.84 Å². The van der Waals surface area contributed by atoms with Crippen LogP contribution >= 0.6 is 0 Å². The molecule has 0 heterocycles. The summed E-state index contributed by atoms with van der Waals surface area (Å²) in [6.07, 6.45) is 7.60. The number of aliphatic carboxylic acids is 1. The van der Waals surface area contributed by atoms with Crippen molar-refractivity contribution in [1.82, 2.24) is 0 Å². The fourth-order valence-corrected chi connectivity index (χ4v) is 1.14. The molecule has 92 valence electrons. The van der Waals surface area contributed by atoms with Crippen molar-refractivity contribution in [2.75, 3.05) is 6.61 Å². The molecule has 0 rings (SSSR count). The number of carboxylic acids is 1. The summed E-state index contributed by atoms with van der Waals surface area (Å²) >= 11 is 0. The Kier molecular flexibility index (Phi) is 5.53. The van der Waals surface area contributed by atoms with E-state index in [-0.39, 0.29) is 0 Å². The van der Waals surface area contributed by atoms with Gasteiger partial charge in [0.2, 0.25) is 0 Å². The van der Waals surface area contributed by atoms with E-state index in [9.17, 15) is 4.79 Å². The minimum absolute atomic E-state index is 0.525. The maximum atomic E-state index is 10.8. The quantitative estimate of drug-likeness (QED) is 0.536. The Morgan fingerprint density at radius 3 is 2.31 bits per heavy atom. The molecule has 0 aromatic rings. The molecule has 0 amide bonds. The van der Waals surface area contributed by atoms with Crippen LogP contribution < -0.4 is 0 Å². The molecule has 0 aliphatic rings. The molecule has 0 aromatic carbocycles. The fraction of sp³-hybridized carbons (Fsp3) is 0.769. The summed E-state index contributed by atoms with van der Waals surface area (Å²) in [5.41, 5.74) is -1.18. The maximum Gasteiger partial charge on any atom is 0.309 e. The summed E-state index contributed by atoms with van der Waals surface area (Å²) in [6, 6.07) is 0. The number of carboxylic acid groups (broad SMARTS) is 1. The highest BCUT2D eigenvalue weighted by atomic mass is 16.5. The van der Waals surface area contributed by atoms with E-state index in [1.54, 1.807) is 13.8 Å². The SMILES string of the molecule is C#CC(C)(C)OCCCCC(C)(C)C(=O)O. The number of hydrogen-bond donors (Lipinski definition) is 1. The second kappa shape index (κ2) is 5.91. The van der Waals surface area contributed by atoms with Crippen LogP contribution in [-0.2, 0) is 9.53 Å². The molecule has 0 aliphatic carbocycles. The van der Waals surface area contributed by atoms with Gasteiger partial charge >= 0.3 is 5.97 Å². The average molecular weight is 226 g/mol. The van der Waals surface area contributed by atoms with Crippen LogP contribution in [0.3, 0.4) is 0 Å². The Morgan fingerprint density at radius 2 is 1.88 bits per heavy atom. The molecule has 0 bridgehead atoms. The van der Waals surface area contributed by atoms with Crippen molar-refractivity contribution in [1.29, 1.82) is 0 Å². The second-order valence-electron chi connectivity index (χ2n) is 5.15. The summed E-state index contributed by atoms with van der Waals surface area (Å²) in [6.45, 7) is 7.73. The number of carbonyl (C=O) groups is 1. The fourth-order valence-electron chi connectivity index (χ4n) is 1.14. The van der Waals surface area contributed by atoms with Crippen LogP contribution in [-0.4, -0.2) is 23.3 Å². The predicted molar refractivity (Wildman–Crippen MR) is 64.1 cm³/mol. The van der Waals surface area contributed by atoms with Crippen molar-refractivity contribution in [3.05, 3.63) is 0 Å².